The minimum atomic E-state index is -1.30. The van der Waals surface area contributed by atoms with Gasteiger partial charge in [0, 0.05) is 24.2 Å². The first kappa shape index (κ1) is 20.1. The van der Waals surface area contributed by atoms with Gasteiger partial charge in [-0.1, -0.05) is 72.4 Å². The number of rotatable bonds is 6. The van der Waals surface area contributed by atoms with Crippen LogP contribution in [0, 0.1) is 10.1 Å². The van der Waals surface area contributed by atoms with Crippen LogP contribution in [-0.2, 0) is 18.8 Å². The van der Waals surface area contributed by atoms with E-state index in [0.29, 0.717) is 24.4 Å². The molecule has 4 rings (SSSR count). The average molecular weight is 420 g/mol. The molecule has 30 heavy (non-hydrogen) atoms. The lowest BCUT2D eigenvalue weighted by Crippen LogP contribution is -2.44. The first-order chi connectivity index (χ1) is 14.6. The molecular formula is C23H21N3O3S. The van der Waals surface area contributed by atoms with E-state index in [1.54, 1.807) is 12.1 Å². The first-order valence-electron chi connectivity index (χ1n) is 9.56. The van der Waals surface area contributed by atoms with Gasteiger partial charge < -0.3 is 10.0 Å². The van der Waals surface area contributed by atoms with Crippen LogP contribution in [0.4, 0.5) is 5.69 Å². The second-order valence-electron chi connectivity index (χ2n) is 7.07. The Bertz CT molecular complexity index is 1040. The molecule has 1 unspecified atom stereocenters. The molecule has 0 saturated carbocycles. The molecule has 1 aliphatic rings. The van der Waals surface area contributed by atoms with Gasteiger partial charge >= 0.3 is 0 Å². The summed E-state index contributed by atoms with van der Waals surface area (Å²) < 4.78 is 0. The van der Waals surface area contributed by atoms with Crippen LogP contribution < -0.4 is 0 Å². The highest BCUT2D eigenvalue weighted by Gasteiger charge is 2.44. The first-order valence-corrected chi connectivity index (χ1v) is 10.5. The third-order valence-corrected chi connectivity index (χ3v) is 6.20. The van der Waals surface area contributed by atoms with Crippen LogP contribution in [0.3, 0.4) is 0 Å². The maximum atomic E-state index is 11.6. The number of non-ortho nitro benzene ring substituents is 1. The molecule has 1 N–H and O–H groups in total. The molecule has 3 aromatic rings. The van der Waals surface area contributed by atoms with Crippen molar-refractivity contribution in [3.05, 3.63) is 112 Å². The minimum Gasteiger partial charge on any atom is -0.366 e. The predicted octanol–water partition coefficient (Wildman–Crippen LogP) is 4.55. The van der Waals surface area contributed by atoms with Gasteiger partial charge in [-0.25, -0.2) is 0 Å². The third-order valence-electron chi connectivity index (χ3n) is 5.04. The number of nitro groups is 1. The number of aliphatic hydroxyl groups is 1. The molecule has 0 aliphatic carbocycles. The molecule has 0 bridgehead atoms. The third kappa shape index (κ3) is 4.22. The van der Waals surface area contributed by atoms with Gasteiger partial charge in [0.25, 0.3) is 5.69 Å². The Morgan fingerprint density at radius 2 is 1.57 bits per heavy atom. The lowest BCUT2D eigenvalue weighted by molar-refractivity contribution is -0.384. The highest BCUT2D eigenvalue weighted by Crippen LogP contribution is 2.40. The predicted molar refractivity (Wildman–Crippen MR) is 119 cm³/mol. The zero-order valence-corrected chi connectivity index (χ0v) is 17.0. The van der Waals surface area contributed by atoms with Crippen molar-refractivity contribution in [1.29, 1.82) is 0 Å². The van der Waals surface area contributed by atoms with Crippen LogP contribution in [0.15, 0.2) is 89.9 Å². The highest BCUT2D eigenvalue weighted by atomic mass is 32.2. The number of nitro benzene ring substituents is 1. The number of hydrogen-bond donors (Lipinski definition) is 1. The molecule has 1 heterocycles. The number of benzene rings is 3. The molecular weight excluding hydrogens is 398 g/mol. The zero-order valence-electron chi connectivity index (χ0n) is 16.2. The minimum absolute atomic E-state index is 0.000535. The summed E-state index contributed by atoms with van der Waals surface area (Å²) in [4.78, 5) is 17.2. The monoisotopic (exact) mass is 419 g/mol. The van der Waals surface area contributed by atoms with E-state index in [2.05, 4.69) is 0 Å². The van der Waals surface area contributed by atoms with E-state index in [-0.39, 0.29) is 5.69 Å². The summed E-state index contributed by atoms with van der Waals surface area (Å²) in [6.45, 7) is 1.000. The van der Waals surface area contributed by atoms with Crippen molar-refractivity contribution in [2.24, 2.45) is 4.99 Å². The smallest absolute Gasteiger partial charge is 0.269 e. The SMILES string of the molecule is O=[N+]([O-])c1ccc(C2(O)CSC(=NCc3ccccc3)N2Cc2ccccc2)cc1. The Balaban J connectivity index is 1.67. The van der Waals surface area contributed by atoms with E-state index in [0.717, 1.165) is 16.3 Å². The van der Waals surface area contributed by atoms with Gasteiger partial charge in [0.2, 0.25) is 0 Å². The summed E-state index contributed by atoms with van der Waals surface area (Å²) >= 11 is 1.49. The zero-order chi connectivity index (χ0) is 21.0. The largest absolute Gasteiger partial charge is 0.366 e. The molecule has 0 amide bonds. The van der Waals surface area contributed by atoms with Gasteiger partial charge in [-0.15, -0.1) is 0 Å². The highest BCUT2D eigenvalue weighted by molar-refractivity contribution is 8.14. The Morgan fingerprint density at radius 1 is 0.967 bits per heavy atom. The molecule has 152 valence electrons. The van der Waals surface area contributed by atoms with Crippen molar-refractivity contribution < 1.29 is 10.0 Å². The molecule has 1 atom stereocenters. The topological polar surface area (TPSA) is 79.0 Å². The summed E-state index contributed by atoms with van der Waals surface area (Å²) in [5.41, 5.74) is 1.45. The molecule has 6 nitrogen and oxygen atoms in total. The van der Waals surface area contributed by atoms with Gasteiger partial charge in [-0.05, 0) is 23.3 Å². The maximum Gasteiger partial charge on any atom is 0.269 e. The summed E-state index contributed by atoms with van der Waals surface area (Å²) in [6.07, 6.45) is 0. The van der Waals surface area contributed by atoms with Crippen molar-refractivity contribution in [2.45, 2.75) is 18.8 Å². The van der Waals surface area contributed by atoms with Crippen LogP contribution >= 0.6 is 11.8 Å². The van der Waals surface area contributed by atoms with Gasteiger partial charge in [0.05, 0.1) is 17.2 Å². The van der Waals surface area contributed by atoms with E-state index in [4.69, 9.17) is 4.99 Å². The Labute approximate surface area is 179 Å². The van der Waals surface area contributed by atoms with Crippen molar-refractivity contribution in [2.75, 3.05) is 5.75 Å². The lowest BCUT2D eigenvalue weighted by atomic mass is 10.0. The van der Waals surface area contributed by atoms with Gasteiger partial charge in [0.15, 0.2) is 10.9 Å². The molecule has 1 fully saturated rings. The fraction of sp³-hybridized carbons (Fsp3) is 0.174. The van der Waals surface area contributed by atoms with E-state index in [1.165, 1.54) is 23.9 Å². The molecule has 1 saturated heterocycles. The fourth-order valence-electron chi connectivity index (χ4n) is 3.41. The number of amidine groups is 1. The lowest BCUT2D eigenvalue weighted by Gasteiger charge is -2.34. The van der Waals surface area contributed by atoms with Gasteiger partial charge in [-0.2, -0.15) is 0 Å². The van der Waals surface area contributed by atoms with Gasteiger partial charge in [0.1, 0.15) is 0 Å². The van der Waals surface area contributed by atoms with E-state index in [9.17, 15) is 15.2 Å². The van der Waals surface area contributed by atoms with Gasteiger partial charge in [-0.3, -0.25) is 15.1 Å². The van der Waals surface area contributed by atoms with Crippen LogP contribution in [0.5, 0.6) is 0 Å². The number of aliphatic imine (C=N–C) groups is 1. The van der Waals surface area contributed by atoms with Crippen LogP contribution in [0.25, 0.3) is 0 Å². The molecule has 7 heteroatoms. The Kier molecular flexibility index (Phi) is 5.83. The van der Waals surface area contributed by atoms with Crippen LogP contribution in [0.2, 0.25) is 0 Å². The van der Waals surface area contributed by atoms with Crippen molar-refractivity contribution in [3.8, 4) is 0 Å². The summed E-state index contributed by atoms with van der Waals surface area (Å²) in [7, 11) is 0. The second kappa shape index (κ2) is 8.69. The fourth-order valence-corrected chi connectivity index (χ4v) is 4.59. The summed E-state index contributed by atoms with van der Waals surface area (Å²) in [6, 6.07) is 26.0. The number of hydrogen-bond acceptors (Lipinski definition) is 5. The Morgan fingerprint density at radius 3 is 2.17 bits per heavy atom. The quantitative estimate of drug-likeness (QED) is 0.469. The normalized spacial score (nSPS) is 19.9. The Hall–Kier alpha value is -3.16. The van der Waals surface area contributed by atoms with Crippen molar-refractivity contribution in [3.63, 3.8) is 0 Å². The molecule has 0 radical (unpaired) electrons. The summed E-state index contributed by atoms with van der Waals surface area (Å²) in [5.74, 6) is 0.394. The molecule has 0 aromatic heterocycles. The molecule has 0 spiro atoms. The standard InChI is InChI=1S/C23H21N3O3S/c27-23(20-11-13-21(14-12-20)26(28)29)17-30-22(24-15-18-7-3-1-4-8-18)25(23)16-19-9-5-2-6-10-19/h1-14,27H,15-17H2. The maximum absolute atomic E-state index is 11.6. The molecule has 1 aliphatic heterocycles. The second-order valence-corrected chi connectivity index (χ2v) is 8.01. The van der Waals surface area contributed by atoms with Crippen LogP contribution in [-0.4, -0.2) is 25.9 Å². The average Bonchev–Trinajstić information content (AvgIpc) is 3.10. The van der Waals surface area contributed by atoms with E-state index >= 15 is 0 Å². The van der Waals surface area contributed by atoms with Crippen molar-refractivity contribution >= 4 is 22.6 Å². The van der Waals surface area contributed by atoms with Crippen molar-refractivity contribution in [1.82, 2.24) is 4.90 Å². The van der Waals surface area contributed by atoms with E-state index < -0.39 is 10.6 Å². The van der Waals surface area contributed by atoms with E-state index in [1.807, 2.05) is 65.6 Å². The number of thioether (sulfide) groups is 1. The summed E-state index contributed by atoms with van der Waals surface area (Å²) in [5, 5.41) is 23.4. The van der Waals surface area contributed by atoms with Crippen LogP contribution in [0.1, 0.15) is 16.7 Å². The molecule has 3 aromatic carbocycles. The number of nitrogens with zero attached hydrogens (tertiary/aromatic N) is 3.